The summed E-state index contributed by atoms with van der Waals surface area (Å²) in [6.45, 7) is 0. The number of amides is 1. The fraction of sp³-hybridized carbons (Fsp3) is 0.0769. The first kappa shape index (κ1) is 20.5. The van der Waals surface area contributed by atoms with Crippen LogP contribution >= 0.6 is 35.6 Å². The Morgan fingerprint density at radius 3 is 2.54 bits per heavy atom. The number of hydrogen-bond acceptors (Lipinski definition) is 5. The Morgan fingerprint density at radius 1 is 1.21 bits per heavy atom. The minimum absolute atomic E-state index is 0. The number of nitrogens with one attached hydrogen (secondary N) is 2. The maximum atomic E-state index is 12.2. The third-order valence-electron chi connectivity index (χ3n) is 2.73. The van der Waals surface area contributed by atoms with E-state index < -0.39 is 15.9 Å². The van der Waals surface area contributed by atoms with Crippen molar-refractivity contribution in [1.82, 2.24) is 10.5 Å². The first-order chi connectivity index (χ1) is 10.8. The van der Waals surface area contributed by atoms with Crippen molar-refractivity contribution in [1.29, 1.82) is 0 Å². The van der Waals surface area contributed by atoms with Crippen LogP contribution in [0.4, 0.5) is 5.69 Å². The van der Waals surface area contributed by atoms with Gasteiger partial charge in [-0.3, -0.25) is 19.7 Å². The lowest BCUT2D eigenvalue weighted by Crippen LogP contribution is -2.21. The van der Waals surface area contributed by atoms with Gasteiger partial charge in [-0.05, 0) is 29.8 Å². The van der Waals surface area contributed by atoms with Crippen molar-refractivity contribution in [2.75, 3.05) is 4.72 Å². The van der Waals surface area contributed by atoms with E-state index in [1.165, 1.54) is 42.0 Å². The molecule has 3 N–H and O–H groups in total. The van der Waals surface area contributed by atoms with E-state index in [0.717, 1.165) is 0 Å². The van der Waals surface area contributed by atoms with Gasteiger partial charge in [0.2, 0.25) is 10.0 Å². The molecule has 7 nitrogen and oxygen atoms in total. The number of rotatable bonds is 5. The van der Waals surface area contributed by atoms with Crippen molar-refractivity contribution in [3.63, 3.8) is 0 Å². The zero-order valence-electron chi connectivity index (χ0n) is 11.9. The molecule has 0 spiro atoms. The zero-order valence-corrected chi connectivity index (χ0v) is 15.0. The number of hydroxylamine groups is 1. The standard InChI is InChI=1S/C13H11Cl2N3O4S.ClH/c14-9-2-1-8(11(15)5-9)7-23(21,22)18-10-3-4-16-12(6-10)13(19)17-20;/h1-6,20H,7H2,(H,16,18)(H,17,19);1H. The van der Waals surface area contributed by atoms with Crippen molar-refractivity contribution >= 4 is 57.2 Å². The van der Waals surface area contributed by atoms with Crippen LogP contribution in [-0.4, -0.2) is 24.5 Å². The van der Waals surface area contributed by atoms with Crippen LogP contribution in [0.15, 0.2) is 36.5 Å². The molecule has 130 valence electrons. The Hall–Kier alpha value is -1.58. The Labute approximate surface area is 154 Å². The molecule has 0 radical (unpaired) electrons. The van der Waals surface area contributed by atoms with Crippen LogP contribution in [0.5, 0.6) is 0 Å². The maximum Gasteiger partial charge on any atom is 0.293 e. The summed E-state index contributed by atoms with van der Waals surface area (Å²) in [5, 5.41) is 9.19. The quantitative estimate of drug-likeness (QED) is 0.517. The maximum absolute atomic E-state index is 12.2. The molecule has 1 heterocycles. The van der Waals surface area contributed by atoms with Gasteiger partial charge in [0, 0.05) is 16.2 Å². The van der Waals surface area contributed by atoms with Gasteiger partial charge in [-0.2, -0.15) is 0 Å². The SMILES string of the molecule is Cl.O=C(NO)c1cc(NS(=O)(=O)Cc2ccc(Cl)cc2Cl)ccn1. The van der Waals surface area contributed by atoms with Gasteiger partial charge in [0.15, 0.2) is 0 Å². The van der Waals surface area contributed by atoms with Gasteiger partial charge >= 0.3 is 0 Å². The summed E-state index contributed by atoms with van der Waals surface area (Å²) in [6, 6.07) is 7.06. The van der Waals surface area contributed by atoms with E-state index in [4.69, 9.17) is 28.4 Å². The second-order valence-corrected chi connectivity index (χ2v) is 7.03. The Balaban J connectivity index is 0.00000288. The first-order valence-electron chi connectivity index (χ1n) is 6.15. The van der Waals surface area contributed by atoms with E-state index in [0.29, 0.717) is 10.6 Å². The van der Waals surface area contributed by atoms with Gasteiger partial charge in [-0.1, -0.05) is 29.3 Å². The number of aromatic nitrogens is 1. The minimum atomic E-state index is -3.77. The molecular weight excluding hydrogens is 401 g/mol. The number of halogens is 3. The summed E-state index contributed by atoms with van der Waals surface area (Å²) in [7, 11) is -3.77. The molecule has 1 amide bonds. The van der Waals surface area contributed by atoms with Gasteiger partial charge in [0.05, 0.1) is 11.4 Å². The largest absolute Gasteiger partial charge is 0.293 e. The molecule has 11 heteroatoms. The number of hydrogen-bond donors (Lipinski definition) is 3. The highest BCUT2D eigenvalue weighted by Crippen LogP contribution is 2.23. The van der Waals surface area contributed by atoms with E-state index >= 15 is 0 Å². The third-order valence-corrected chi connectivity index (χ3v) is 4.55. The van der Waals surface area contributed by atoms with E-state index in [1.54, 1.807) is 0 Å². The lowest BCUT2D eigenvalue weighted by atomic mass is 10.2. The van der Waals surface area contributed by atoms with E-state index in [2.05, 4.69) is 9.71 Å². The summed E-state index contributed by atoms with van der Waals surface area (Å²) in [5.41, 5.74) is 1.78. The van der Waals surface area contributed by atoms with Gasteiger partial charge in [-0.15, -0.1) is 12.4 Å². The number of carbonyl (C=O) groups is 1. The predicted octanol–water partition coefficient (Wildman–Crippen LogP) is 2.87. The normalized spacial score (nSPS) is 10.6. The molecule has 1 aromatic carbocycles. The van der Waals surface area contributed by atoms with Crippen molar-refractivity contribution < 1.29 is 18.4 Å². The highest BCUT2D eigenvalue weighted by atomic mass is 35.5. The number of carbonyl (C=O) groups excluding carboxylic acids is 1. The molecule has 2 rings (SSSR count). The molecule has 0 unspecified atom stereocenters. The Bertz CT molecular complexity index is 846. The van der Waals surface area contributed by atoms with Crippen LogP contribution in [0.3, 0.4) is 0 Å². The topological polar surface area (TPSA) is 108 Å². The molecule has 0 atom stereocenters. The van der Waals surface area contributed by atoms with Crippen molar-refractivity contribution in [3.8, 4) is 0 Å². The lowest BCUT2D eigenvalue weighted by molar-refractivity contribution is 0.0701. The third kappa shape index (κ3) is 5.50. The van der Waals surface area contributed by atoms with Gasteiger partial charge in [0.1, 0.15) is 5.69 Å². The molecule has 0 aliphatic rings. The number of nitrogens with zero attached hydrogens (tertiary/aromatic N) is 1. The Kier molecular flexibility index (Phi) is 7.25. The Morgan fingerprint density at radius 2 is 1.92 bits per heavy atom. The average Bonchev–Trinajstić information content (AvgIpc) is 2.49. The van der Waals surface area contributed by atoms with Crippen LogP contribution in [0.1, 0.15) is 16.1 Å². The van der Waals surface area contributed by atoms with Gasteiger partial charge < -0.3 is 0 Å². The molecule has 0 aliphatic carbocycles. The molecule has 0 bridgehead atoms. The molecular formula is C13H12Cl3N3O4S. The summed E-state index contributed by atoms with van der Waals surface area (Å²) in [5.74, 6) is -1.22. The summed E-state index contributed by atoms with van der Waals surface area (Å²) in [4.78, 5) is 15.0. The lowest BCUT2D eigenvalue weighted by Gasteiger charge is -2.10. The van der Waals surface area contributed by atoms with E-state index in [1.807, 2.05) is 0 Å². The highest BCUT2D eigenvalue weighted by Gasteiger charge is 2.15. The number of sulfonamides is 1. The molecule has 24 heavy (non-hydrogen) atoms. The number of anilines is 1. The van der Waals surface area contributed by atoms with Crippen molar-refractivity contribution in [2.24, 2.45) is 0 Å². The van der Waals surface area contributed by atoms with Gasteiger partial charge in [0.25, 0.3) is 5.91 Å². The second kappa shape index (κ2) is 8.50. The van der Waals surface area contributed by atoms with Crippen LogP contribution < -0.4 is 10.2 Å². The molecule has 2 aromatic rings. The fourth-order valence-electron chi connectivity index (χ4n) is 1.73. The highest BCUT2D eigenvalue weighted by molar-refractivity contribution is 7.91. The molecule has 0 fully saturated rings. The fourth-order valence-corrected chi connectivity index (χ4v) is 3.51. The smallest absolute Gasteiger partial charge is 0.288 e. The van der Waals surface area contributed by atoms with Gasteiger partial charge in [-0.25, -0.2) is 13.9 Å². The average molecular weight is 413 g/mol. The van der Waals surface area contributed by atoms with E-state index in [9.17, 15) is 13.2 Å². The van der Waals surface area contributed by atoms with Crippen LogP contribution in [0.2, 0.25) is 10.0 Å². The van der Waals surface area contributed by atoms with E-state index in [-0.39, 0.29) is 34.6 Å². The predicted molar refractivity (Wildman–Crippen MR) is 93.4 cm³/mol. The van der Waals surface area contributed by atoms with Crippen LogP contribution in [-0.2, 0) is 15.8 Å². The van der Waals surface area contributed by atoms with Crippen LogP contribution in [0.25, 0.3) is 0 Å². The summed E-state index contributed by atoms with van der Waals surface area (Å²) in [6.07, 6.45) is 1.23. The monoisotopic (exact) mass is 411 g/mol. The zero-order chi connectivity index (χ0) is 17.0. The van der Waals surface area contributed by atoms with Crippen molar-refractivity contribution in [3.05, 3.63) is 57.8 Å². The minimum Gasteiger partial charge on any atom is -0.288 e. The number of benzene rings is 1. The number of pyridine rings is 1. The molecule has 0 aliphatic heterocycles. The summed E-state index contributed by atoms with van der Waals surface area (Å²) < 4.78 is 26.7. The molecule has 1 aromatic heterocycles. The second-order valence-electron chi connectivity index (χ2n) is 4.47. The van der Waals surface area contributed by atoms with Crippen molar-refractivity contribution in [2.45, 2.75) is 5.75 Å². The molecule has 0 saturated heterocycles. The summed E-state index contributed by atoms with van der Waals surface area (Å²) >= 11 is 11.7. The molecule has 0 saturated carbocycles. The first-order valence-corrected chi connectivity index (χ1v) is 8.56. The van der Waals surface area contributed by atoms with Crippen LogP contribution in [0, 0.1) is 0 Å².